The molecule has 1 aromatic carbocycles. The molecule has 1 aliphatic rings. The summed E-state index contributed by atoms with van der Waals surface area (Å²) in [6.07, 6.45) is 9.68. The molecule has 0 spiro atoms. The average Bonchev–Trinajstić information content (AvgIpc) is 2.76. The van der Waals surface area contributed by atoms with Crippen LogP contribution in [-0.4, -0.2) is 70.1 Å². The molecule has 0 amide bonds. The topological polar surface area (TPSA) is 118 Å². The Morgan fingerprint density at radius 2 is 1.94 bits per heavy atom. The first-order valence-corrected chi connectivity index (χ1v) is 10.5. The van der Waals surface area contributed by atoms with Gasteiger partial charge >= 0.3 is 31.1 Å². The number of piperazine rings is 1. The maximum atomic E-state index is 10.3. The van der Waals surface area contributed by atoms with Crippen molar-refractivity contribution in [3.63, 3.8) is 0 Å². The fourth-order valence-corrected chi connectivity index (χ4v) is 3.21. The van der Waals surface area contributed by atoms with Crippen LogP contribution >= 0.6 is 0 Å². The van der Waals surface area contributed by atoms with Crippen molar-refractivity contribution in [1.82, 2.24) is 10.2 Å². The number of nitrogens with zero attached hydrogens (tertiary/aromatic N) is 2. The van der Waals surface area contributed by atoms with Crippen LogP contribution in [0.5, 0.6) is 11.5 Å². The van der Waals surface area contributed by atoms with E-state index in [1.165, 1.54) is 6.07 Å². The van der Waals surface area contributed by atoms with Crippen LogP contribution in [0.1, 0.15) is 30.4 Å². The summed E-state index contributed by atoms with van der Waals surface area (Å²) in [4.78, 5) is 7.34. The fraction of sp³-hybridized carbons (Fsp3) is 0.435. The molecule has 1 aliphatic heterocycles. The predicted octanol–water partition coefficient (Wildman–Crippen LogP) is 2.24. The zero-order valence-corrected chi connectivity index (χ0v) is 22.4. The molecule has 0 aliphatic carbocycles. The zero-order valence-electron chi connectivity index (χ0n) is 18.3. The quantitative estimate of drug-likeness (QED) is 0.0763. The SMILES string of the molecule is [CH2-]C/C=C/CC/C=C/C(Cc1cc(O)cc(O)c1[CH-]O)=N\OCC(O)N1CCNCC1.[U+2]. The average molecular weight is 670 g/mol. The molecule has 1 heterocycles. The molecule has 32 heavy (non-hydrogen) atoms. The van der Waals surface area contributed by atoms with Gasteiger partial charge in [-0.15, -0.1) is 17.2 Å². The van der Waals surface area contributed by atoms with E-state index in [-0.39, 0.29) is 61.2 Å². The number of hydrogen-bond donors (Lipinski definition) is 5. The number of aliphatic hydroxyl groups is 2. The Morgan fingerprint density at radius 1 is 1.22 bits per heavy atom. The molecule has 174 valence electrons. The number of allylic oxidation sites excluding steroid dienone is 4. The van der Waals surface area contributed by atoms with Crippen LogP contribution in [0, 0.1) is 44.6 Å². The first kappa shape index (κ1) is 28.6. The number of nitrogens with one attached hydrogen (secondary N) is 1. The number of oxime groups is 1. The maximum Gasteiger partial charge on any atom is 2.00 e. The molecule has 0 aromatic heterocycles. The Bertz CT molecular complexity index is 764. The van der Waals surface area contributed by atoms with Gasteiger partial charge in [-0.2, -0.15) is 6.42 Å². The summed E-state index contributed by atoms with van der Waals surface area (Å²) in [7, 11) is 0. The third-order valence-electron chi connectivity index (χ3n) is 4.85. The van der Waals surface area contributed by atoms with Crippen molar-refractivity contribution < 1.29 is 56.4 Å². The van der Waals surface area contributed by atoms with Crippen molar-refractivity contribution in [3.05, 3.63) is 61.1 Å². The standard InChI is InChI=1S/C23H33N3O5.U/c1-2-3-4-5-6-7-8-19(13-18-14-20(28)15-22(29)21(18)16-27)25-31-17-23(30)26-11-9-24-10-12-26;/h3-4,7-8,14-16,23-24,27-30H,1-2,5-6,9-13,17H2;/q-2;+2/b4-3+,8-7+,25-19+;. The Kier molecular flexibility index (Phi) is 14.5. The van der Waals surface area contributed by atoms with Crippen LogP contribution in [0.25, 0.3) is 0 Å². The Balaban J connectivity index is 0.00000512. The number of aromatic hydroxyl groups is 2. The number of phenolic OH excluding ortho intramolecular Hbond substituents is 2. The van der Waals surface area contributed by atoms with Gasteiger partial charge in [-0.3, -0.25) is 4.90 Å². The first-order chi connectivity index (χ1) is 15.0. The van der Waals surface area contributed by atoms with Crippen LogP contribution in [-0.2, 0) is 11.3 Å². The van der Waals surface area contributed by atoms with Gasteiger partial charge in [0.05, 0.1) is 11.5 Å². The van der Waals surface area contributed by atoms with Gasteiger partial charge in [-0.05, 0) is 31.4 Å². The second kappa shape index (κ2) is 16.2. The van der Waals surface area contributed by atoms with E-state index in [4.69, 9.17) is 4.84 Å². The van der Waals surface area contributed by atoms with Gasteiger partial charge in [0.15, 0.2) is 6.61 Å². The van der Waals surface area contributed by atoms with Crippen LogP contribution in [0.2, 0.25) is 0 Å². The van der Waals surface area contributed by atoms with Gasteiger partial charge < -0.3 is 37.5 Å². The second-order valence-corrected chi connectivity index (χ2v) is 7.23. The first-order valence-electron chi connectivity index (χ1n) is 10.5. The monoisotopic (exact) mass is 669 g/mol. The van der Waals surface area contributed by atoms with Crippen molar-refractivity contribution in [3.8, 4) is 11.5 Å². The molecule has 0 bridgehead atoms. The minimum atomic E-state index is -0.755. The molecule has 1 fully saturated rings. The number of rotatable bonds is 12. The predicted molar refractivity (Wildman–Crippen MR) is 120 cm³/mol. The van der Waals surface area contributed by atoms with Gasteiger partial charge in [-0.1, -0.05) is 30.0 Å². The van der Waals surface area contributed by atoms with Crippen LogP contribution in [0.15, 0.2) is 41.6 Å². The number of unbranched alkanes of at least 4 members (excludes halogenated alkanes) is 1. The van der Waals surface area contributed by atoms with E-state index < -0.39 is 6.23 Å². The molecule has 1 aromatic rings. The molecule has 1 saturated heterocycles. The van der Waals surface area contributed by atoms with Gasteiger partial charge in [0, 0.05) is 31.9 Å². The largest absolute Gasteiger partial charge is 2.00 e. The van der Waals surface area contributed by atoms with Crippen LogP contribution < -0.4 is 5.32 Å². The summed E-state index contributed by atoms with van der Waals surface area (Å²) in [5.74, 6) is -0.344. The zero-order chi connectivity index (χ0) is 22.5. The van der Waals surface area contributed by atoms with Gasteiger partial charge in [0.25, 0.3) is 0 Å². The summed E-state index contributed by atoms with van der Waals surface area (Å²) in [6.45, 7) is 7.68. The maximum absolute atomic E-state index is 10.3. The van der Waals surface area contributed by atoms with Crippen LogP contribution in [0.3, 0.4) is 0 Å². The Hall–Kier alpha value is -1.47. The number of hydrogen-bond acceptors (Lipinski definition) is 8. The van der Waals surface area contributed by atoms with Crippen molar-refractivity contribution in [2.75, 3.05) is 32.8 Å². The number of benzene rings is 1. The summed E-state index contributed by atoms with van der Waals surface area (Å²) >= 11 is 0. The minimum Gasteiger partial charge on any atom is -0.565 e. The Labute approximate surface area is 214 Å². The van der Waals surface area contributed by atoms with E-state index in [1.54, 1.807) is 6.08 Å². The number of phenols is 2. The van der Waals surface area contributed by atoms with E-state index in [2.05, 4.69) is 23.5 Å². The molecular weight excluding hydrogens is 636 g/mol. The van der Waals surface area contributed by atoms with Gasteiger partial charge in [0.2, 0.25) is 0 Å². The molecule has 0 radical (unpaired) electrons. The van der Waals surface area contributed by atoms with Crippen molar-refractivity contribution in [1.29, 1.82) is 0 Å². The van der Waals surface area contributed by atoms with E-state index in [0.29, 0.717) is 11.3 Å². The van der Waals surface area contributed by atoms with E-state index in [1.807, 2.05) is 17.1 Å². The molecule has 9 heteroatoms. The molecule has 2 rings (SSSR count). The summed E-state index contributed by atoms with van der Waals surface area (Å²) in [5, 5.41) is 47.0. The Morgan fingerprint density at radius 3 is 2.62 bits per heavy atom. The third-order valence-corrected chi connectivity index (χ3v) is 4.85. The van der Waals surface area contributed by atoms with Crippen molar-refractivity contribution in [2.45, 2.75) is 31.9 Å². The molecule has 1 atom stereocenters. The van der Waals surface area contributed by atoms with Crippen LogP contribution in [0.4, 0.5) is 0 Å². The fourth-order valence-electron chi connectivity index (χ4n) is 3.21. The summed E-state index contributed by atoms with van der Waals surface area (Å²) < 4.78 is 0. The van der Waals surface area contributed by atoms with E-state index in [0.717, 1.165) is 58.1 Å². The minimum absolute atomic E-state index is 0. The summed E-state index contributed by atoms with van der Waals surface area (Å²) in [5.41, 5.74) is 1.23. The van der Waals surface area contributed by atoms with E-state index in [9.17, 15) is 20.4 Å². The molecular formula is C23H33N3O5U. The molecule has 1 unspecified atom stereocenters. The number of aliphatic hydroxyl groups excluding tert-OH is 2. The van der Waals surface area contributed by atoms with Crippen molar-refractivity contribution >= 4 is 5.71 Å². The molecule has 0 saturated carbocycles. The summed E-state index contributed by atoms with van der Waals surface area (Å²) in [6, 6.07) is 2.62. The van der Waals surface area contributed by atoms with Gasteiger partial charge in [0.1, 0.15) is 6.23 Å². The van der Waals surface area contributed by atoms with Gasteiger partial charge in [-0.25, -0.2) is 0 Å². The molecule has 5 N–H and O–H groups in total. The van der Waals surface area contributed by atoms with E-state index >= 15 is 0 Å². The third kappa shape index (κ3) is 9.99. The normalized spacial score (nSPS) is 16.3. The van der Waals surface area contributed by atoms with Crippen molar-refractivity contribution in [2.24, 2.45) is 5.16 Å². The molecule has 8 nitrogen and oxygen atoms in total. The smallest absolute Gasteiger partial charge is 0.565 e. The second-order valence-electron chi connectivity index (χ2n) is 7.23.